The molecule has 3 heteroatoms. The van der Waals surface area contributed by atoms with E-state index in [1.54, 1.807) is 24.3 Å². The number of Topliss-reactive ketones (excluding diaryl/α,β-unsaturated/α-hetero) is 1. The Balaban J connectivity index is 0.000000269. The zero-order chi connectivity index (χ0) is 18.2. The molecule has 1 aliphatic heterocycles. The number of ketones is 1. The van der Waals surface area contributed by atoms with Gasteiger partial charge in [0.25, 0.3) is 0 Å². The minimum atomic E-state index is 0.138. The monoisotopic (exact) mass is 339 g/mol. The van der Waals surface area contributed by atoms with Gasteiger partial charge in [-0.25, -0.2) is 0 Å². The number of rotatable bonds is 4. The van der Waals surface area contributed by atoms with Gasteiger partial charge in [-0.15, -0.1) is 0 Å². The second-order valence-corrected chi connectivity index (χ2v) is 6.96. The van der Waals surface area contributed by atoms with Crippen molar-refractivity contribution in [1.29, 1.82) is 0 Å². The summed E-state index contributed by atoms with van der Waals surface area (Å²) in [4.78, 5) is 14.3. The lowest BCUT2D eigenvalue weighted by Crippen LogP contribution is -2.28. The lowest BCUT2D eigenvalue weighted by Gasteiger charge is -2.14. The Labute approximate surface area is 151 Å². The van der Waals surface area contributed by atoms with Gasteiger partial charge in [0.1, 0.15) is 5.75 Å². The molecule has 3 rings (SSSR count). The van der Waals surface area contributed by atoms with Gasteiger partial charge in [-0.2, -0.15) is 0 Å². The Morgan fingerprint density at radius 1 is 1.08 bits per heavy atom. The van der Waals surface area contributed by atoms with Crippen molar-refractivity contribution in [3.63, 3.8) is 0 Å². The van der Waals surface area contributed by atoms with E-state index in [1.807, 2.05) is 18.2 Å². The summed E-state index contributed by atoms with van der Waals surface area (Å²) >= 11 is 0. The molecular formula is C22H29NO2. The van der Waals surface area contributed by atoms with Gasteiger partial charge in [0.2, 0.25) is 0 Å². The standard InChI is InChI=1S/C15H21NO2.C7H8/c1-3-12-9-16(8-11(12)2)10-15(18)13-4-6-14(17)7-5-13;1-7-5-3-2-4-6-7/h4-7,11-12,17H,3,8-10H2,1-2H3;2-6H,1H3/t11-,12+;/m0./s1. The van der Waals surface area contributed by atoms with E-state index in [-0.39, 0.29) is 11.5 Å². The third-order valence-electron chi connectivity index (χ3n) is 4.86. The van der Waals surface area contributed by atoms with E-state index >= 15 is 0 Å². The van der Waals surface area contributed by atoms with Crippen LogP contribution in [0.1, 0.15) is 36.2 Å². The van der Waals surface area contributed by atoms with E-state index in [4.69, 9.17) is 0 Å². The van der Waals surface area contributed by atoms with Crippen molar-refractivity contribution in [2.24, 2.45) is 11.8 Å². The fourth-order valence-electron chi connectivity index (χ4n) is 3.28. The summed E-state index contributed by atoms with van der Waals surface area (Å²) in [5.74, 6) is 1.74. The van der Waals surface area contributed by atoms with Crippen LogP contribution in [-0.2, 0) is 0 Å². The third-order valence-corrected chi connectivity index (χ3v) is 4.86. The Kier molecular flexibility index (Phi) is 7.20. The van der Waals surface area contributed by atoms with Crippen molar-refractivity contribution in [1.82, 2.24) is 4.90 Å². The van der Waals surface area contributed by atoms with Gasteiger partial charge in [-0.05, 0) is 43.0 Å². The molecule has 0 aromatic heterocycles. The van der Waals surface area contributed by atoms with Crippen molar-refractivity contribution in [2.75, 3.05) is 19.6 Å². The van der Waals surface area contributed by atoms with Crippen molar-refractivity contribution < 1.29 is 9.90 Å². The van der Waals surface area contributed by atoms with Gasteiger partial charge in [0.15, 0.2) is 5.78 Å². The minimum Gasteiger partial charge on any atom is -0.508 e. The molecule has 0 amide bonds. The normalized spacial score (nSPS) is 20.0. The quantitative estimate of drug-likeness (QED) is 0.831. The molecule has 2 atom stereocenters. The van der Waals surface area contributed by atoms with Crippen LogP contribution in [0.3, 0.4) is 0 Å². The molecule has 0 radical (unpaired) electrons. The van der Waals surface area contributed by atoms with E-state index in [9.17, 15) is 9.90 Å². The number of phenolic OH excluding ortho intramolecular Hbond substituents is 1. The average Bonchev–Trinajstić information content (AvgIpc) is 2.96. The summed E-state index contributed by atoms with van der Waals surface area (Å²) < 4.78 is 0. The number of phenols is 1. The van der Waals surface area contributed by atoms with Crippen molar-refractivity contribution >= 4 is 5.78 Å². The van der Waals surface area contributed by atoms with Crippen LogP contribution in [0.4, 0.5) is 0 Å². The minimum absolute atomic E-state index is 0.138. The maximum atomic E-state index is 12.1. The summed E-state index contributed by atoms with van der Waals surface area (Å²) in [5.41, 5.74) is 2.00. The fraction of sp³-hybridized carbons (Fsp3) is 0.409. The van der Waals surface area contributed by atoms with Gasteiger partial charge in [-0.3, -0.25) is 9.69 Å². The van der Waals surface area contributed by atoms with Gasteiger partial charge in [-0.1, -0.05) is 56.2 Å². The summed E-state index contributed by atoms with van der Waals surface area (Å²) in [7, 11) is 0. The van der Waals surface area contributed by atoms with Crippen LogP contribution in [0.5, 0.6) is 5.75 Å². The van der Waals surface area contributed by atoms with E-state index in [0.29, 0.717) is 18.0 Å². The number of carbonyl (C=O) groups excluding carboxylic acids is 1. The van der Waals surface area contributed by atoms with E-state index in [2.05, 4.69) is 37.8 Å². The topological polar surface area (TPSA) is 40.5 Å². The highest BCUT2D eigenvalue weighted by Crippen LogP contribution is 2.25. The number of aryl methyl sites for hydroxylation is 1. The first-order chi connectivity index (χ1) is 12.0. The van der Waals surface area contributed by atoms with Crippen LogP contribution in [0.25, 0.3) is 0 Å². The molecule has 0 bridgehead atoms. The third kappa shape index (κ3) is 6.02. The molecule has 1 N–H and O–H groups in total. The van der Waals surface area contributed by atoms with E-state index in [1.165, 1.54) is 12.0 Å². The molecule has 134 valence electrons. The summed E-state index contributed by atoms with van der Waals surface area (Å²) in [6.45, 7) is 9.10. The van der Waals surface area contributed by atoms with E-state index < -0.39 is 0 Å². The van der Waals surface area contributed by atoms with Crippen LogP contribution < -0.4 is 0 Å². The number of hydrogen-bond donors (Lipinski definition) is 1. The van der Waals surface area contributed by atoms with Crippen molar-refractivity contribution in [3.05, 3.63) is 65.7 Å². The summed E-state index contributed by atoms with van der Waals surface area (Å²) in [5, 5.41) is 9.20. The second-order valence-electron chi connectivity index (χ2n) is 6.96. The number of nitrogens with zero attached hydrogens (tertiary/aromatic N) is 1. The van der Waals surface area contributed by atoms with Crippen LogP contribution in [0.2, 0.25) is 0 Å². The highest BCUT2D eigenvalue weighted by Gasteiger charge is 2.29. The number of likely N-dealkylation sites (tertiary alicyclic amines) is 1. The Morgan fingerprint density at radius 2 is 1.72 bits per heavy atom. The molecule has 1 heterocycles. The predicted octanol–water partition coefficient (Wildman–Crippen LogP) is 4.55. The smallest absolute Gasteiger partial charge is 0.176 e. The van der Waals surface area contributed by atoms with Crippen LogP contribution >= 0.6 is 0 Å². The lowest BCUT2D eigenvalue weighted by atomic mass is 9.96. The number of aromatic hydroxyl groups is 1. The van der Waals surface area contributed by atoms with E-state index in [0.717, 1.165) is 19.0 Å². The Hall–Kier alpha value is -2.13. The highest BCUT2D eigenvalue weighted by molar-refractivity contribution is 5.97. The largest absolute Gasteiger partial charge is 0.508 e. The first kappa shape index (κ1) is 19.2. The zero-order valence-electron chi connectivity index (χ0n) is 15.5. The number of benzene rings is 2. The lowest BCUT2D eigenvalue weighted by molar-refractivity contribution is 0.0942. The maximum absolute atomic E-state index is 12.1. The highest BCUT2D eigenvalue weighted by atomic mass is 16.3. The van der Waals surface area contributed by atoms with Gasteiger partial charge < -0.3 is 5.11 Å². The maximum Gasteiger partial charge on any atom is 0.176 e. The molecular weight excluding hydrogens is 310 g/mol. The number of hydrogen-bond acceptors (Lipinski definition) is 3. The molecule has 0 unspecified atom stereocenters. The van der Waals surface area contributed by atoms with Crippen LogP contribution in [-0.4, -0.2) is 35.4 Å². The molecule has 0 aliphatic carbocycles. The molecule has 25 heavy (non-hydrogen) atoms. The Morgan fingerprint density at radius 3 is 2.20 bits per heavy atom. The molecule has 0 spiro atoms. The summed E-state index contributed by atoms with van der Waals surface area (Å²) in [6, 6.07) is 16.8. The SMILES string of the molecule is CC[C@@H]1CN(CC(=O)c2ccc(O)cc2)C[C@@H]1C.Cc1ccccc1. The zero-order valence-corrected chi connectivity index (χ0v) is 15.5. The Bertz CT molecular complexity index is 651. The molecule has 1 saturated heterocycles. The number of carbonyl (C=O) groups is 1. The second kappa shape index (κ2) is 9.38. The average molecular weight is 339 g/mol. The first-order valence-electron chi connectivity index (χ1n) is 9.05. The molecule has 2 aromatic carbocycles. The first-order valence-corrected chi connectivity index (χ1v) is 9.05. The predicted molar refractivity (Wildman–Crippen MR) is 103 cm³/mol. The molecule has 1 fully saturated rings. The van der Waals surface area contributed by atoms with Crippen molar-refractivity contribution in [3.8, 4) is 5.75 Å². The molecule has 0 saturated carbocycles. The van der Waals surface area contributed by atoms with Gasteiger partial charge in [0.05, 0.1) is 6.54 Å². The van der Waals surface area contributed by atoms with Crippen LogP contribution in [0, 0.1) is 18.8 Å². The molecule has 2 aromatic rings. The fourth-order valence-corrected chi connectivity index (χ4v) is 3.28. The van der Waals surface area contributed by atoms with Crippen LogP contribution in [0.15, 0.2) is 54.6 Å². The molecule has 1 aliphatic rings. The van der Waals surface area contributed by atoms with Crippen molar-refractivity contribution in [2.45, 2.75) is 27.2 Å². The van der Waals surface area contributed by atoms with Gasteiger partial charge in [0, 0.05) is 18.7 Å². The molecule has 3 nitrogen and oxygen atoms in total. The summed E-state index contributed by atoms with van der Waals surface area (Å²) in [6.07, 6.45) is 1.19. The van der Waals surface area contributed by atoms with Gasteiger partial charge >= 0.3 is 0 Å².